The van der Waals surface area contributed by atoms with Crippen molar-refractivity contribution in [3.63, 3.8) is 0 Å². The number of ether oxygens (including phenoxy) is 1. The van der Waals surface area contributed by atoms with E-state index in [2.05, 4.69) is 21.6 Å². The summed E-state index contributed by atoms with van der Waals surface area (Å²) in [4.78, 5) is 25.2. The van der Waals surface area contributed by atoms with Gasteiger partial charge in [-0.2, -0.15) is 0 Å². The molecule has 0 aliphatic carbocycles. The number of rotatable bonds is 7. The number of halogens is 1. The van der Waals surface area contributed by atoms with Crippen LogP contribution >= 0.6 is 12.4 Å². The number of benzene rings is 2. The predicted molar refractivity (Wildman–Crippen MR) is 119 cm³/mol. The van der Waals surface area contributed by atoms with Crippen molar-refractivity contribution in [2.24, 2.45) is 0 Å². The second kappa shape index (κ2) is 10.9. The van der Waals surface area contributed by atoms with E-state index >= 15 is 0 Å². The number of amides is 1. The number of methoxy groups -OCH3 is 1. The summed E-state index contributed by atoms with van der Waals surface area (Å²) in [5.41, 5.74) is 2.39. The van der Waals surface area contributed by atoms with Crippen LogP contribution in [0.5, 0.6) is 5.75 Å². The van der Waals surface area contributed by atoms with E-state index in [0.717, 1.165) is 30.9 Å². The molecule has 2 aromatic rings. The number of aryl methyl sites for hydroxylation is 1. The lowest BCUT2D eigenvalue weighted by molar-refractivity contribution is -0.384. The fourth-order valence-corrected chi connectivity index (χ4v) is 3.62. The van der Waals surface area contributed by atoms with Gasteiger partial charge in [0.1, 0.15) is 5.75 Å². The molecule has 30 heavy (non-hydrogen) atoms. The van der Waals surface area contributed by atoms with Gasteiger partial charge in [0.2, 0.25) is 5.91 Å². The Labute approximate surface area is 182 Å². The van der Waals surface area contributed by atoms with E-state index in [4.69, 9.17) is 4.74 Å². The molecule has 0 bridgehead atoms. The molecule has 9 heteroatoms. The molecular weight excluding hydrogens is 408 g/mol. The van der Waals surface area contributed by atoms with Crippen LogP contribution < -0.4 is 15.4 Å². The molecule has 162 valence electrons. The van der Waals surface area contributed by atoms with Crippen molar-refractivity contribution in [3.05, 3.63) is 63.7 Å². The van der Waals surface area contributed by atoms with Gasteiger partial charge < -0.3 is 15.4 Å². The summed E-state index contributed by atoms with van der Waals surface area (Å²) in [6.45, 7) is 4.86. The SMILES string of the molecule is COc1ccccc1C1CNCCN1CCC(=O)Nc1ccc([N+](=O)[O-])cc1C.Cl. The third-order valence-corrected chi connectivity index (χ3v) is 5.17. The third kappa shape index (κ3) is 5.69. The van der Waals surface area contributed by atoms with Gasteiger partial charge in [-0.1, -0.05) is 18.2 Å². The van der Waals surface area contributed by atoms with E-state index in [1.807, 2.05) is 18.2 Å². The van der Waals surface area contributed by atoms with Gasteiger partial charge in [-0.25, -0.2) is 0 Å². The van der Waals surface area contributed by atoms with Crippen molar-refractivity contribution in [2.45, 2.75) is 19.4 Å². The summed E-state index contributed by atoms with van der Waals surface area (Å²) in [6.07, 6.45) is 0.335. The predicted octanol–water partition coefficient (Wildman–Crippen LogP) is 3.31. The number of hydrogen-bond donors (Lipinski definition) is 2. The van der Waals surface area contributed by atoms with Crippen molar-refractivity contribution in [1.82, 2.24) is 10.2 Å². The van der Waals surface area contributed by atoms with Crippen molar-refractivity contribution < 1.29 is 14.5 Å². The zero-order valence-corrected chi connectivity index (χ0v) is 17.9. The summed E-state index contributed by atoms with van der Waals surface area (Å²) < 4.78 is 5.51. The Morgan fingerprint density at radius 1 is 1.33 bits per heavy atom. The summed E-state index contributed by atoms with van der Waals surface area (Å²) in [7, 11) is 1.67. The van der Waals surface area contributed by atoms with Crippen LogP contribution in [0.3, 0.4) is 0 Å². The van der Waals surface area contributed by atoms with Gasteiger partial charge in [0.15, 0.2) is 0 Å². The quantitative estimate of drug-likeness (QED) is 0.512. The molecule has 2 aromatic carbocycles. The number of anilines is 1. The minimum atomic E-state index is -0.443. The molecule has 1 amide bonds. The Kier molecular flexibility index (Phi) is 8.58. The van der Waals surface area contributed by atoms with E-state index in [-0.39, 0.29) is 30.0 Å². The van der Waals surface area contributed by atoms with E-state index in [1.54, 1.807) is 20.1 Å². The lowest BCUT2D eigenvalue weighted by Crippen LogP contribution is -2.46. The van der Waals surface area contributed by atoms with E-state index in [0.29, 0.717) is 24.2 Å². The van der Waals surface area contributed by atoms with Gasteiger partial charge in [-0.15, -0.1) is 12.4 Å². The summed E-state index contributed by atoms with van der Waals surface area (Å²) in [5, 5.41) is 17.1. The zero-order valence-electron chi connectivity index (χ0n) is 17.1. The van der Waals surface area contributed by atoms with Crippen molar-refractivity contribution in [3.8, 4) is 5.75 Å². The molecule has 1 unspecified atom stereocenters. The van der Waals surface area contributed by atoms with Gasteiger partial charge in [0, 0.05) is 56.0 Å². The summed E-state index contributed by atoms with van der Waals surface area (Å²) in [5.74, 6) is 0.733. The topological polar surface area (TPSA) is 96.7 Å². The normalized spacial score (nSPS) is 16.4. The molecule has 1 heterocycles. The van der Waals surface area contributed by atoms with Crippen LogP contribution in [0.4, 0.5) is 11.4 Å². The highest BCUT2D eigenvalue weighted by Gasteiger charge is 2.26. The van der Waals surface area contributed by atoms with E-state index in [9.17, 15) is 14.9 Å². The monoisotopic (exact) mass is 434 g/mol. The van der Waals surface area contributed by atoms with Gasteiger partial charge in [0.25, 0.3) is 5.69 Å². The highest BCUT2D eigenvalue weighted by molar-refractivity contribution is 5.91. The number of para-hydroxylation sites is 1. The molecule has 1 fully saturated rings. The van der Waals surface area contributed by atoms with E-state index < -0.39 is 4.92 Å². The summed E-state index contributed by atoms with van der Waals surface area (Å²) in [6, 6.07) is 12.5. The first kappa shape index (κ1) is 23.6. The molecule has 1 saturated heterocycles. The Hall–Kier alpha value is -2.68. The van der Waals surface area contributed by atoms with E-state index in [1.165, 1.54) is 12.1 Å². The largest absolute Gasteiger partial charge is 0.496 e. The third-order valence-electron chi connectivity index (χ3n) is 5.17. The van der Waals surface area contributed by atoms with Crippen LogP contribution in [0.2, 0.25) is 0 Å². The zero-order chi connectivity index (χ0) is 20.8. The van der Waals surface area contributed by atoms with Gasteiger partial charge in [0.05, 0.1) is 18.1 Å². The molecule has 0 aromatic heterocycles. The average molecular weight is 435 g/mol. The number of hydrogen-bond acceptors (Lipinski definition) is 6. The molecule has 3 rings (SSSR count). The Bertz CT molecular complexity index is 893. The summed E-state index contributed by atoms with van der Waals surface area (Å²) >= 11 is 0. The van der Waals surface area contributed by atoms with Crippen LogP contribution in [0.15, 0.2) is 42.5 Å². The second-order valence-corrected chi connectivity index (χ2v) is 7.05. The minimum absolute atomic E-state index is 0. The molecule has 1 atom stereocenters. The number of carbonyl (C=O) groups excluding carboxylic acids is 1. The number of piperazine rings is 1. The van der Waals surface area contributed by atoms with Gasteiger partial charge >= 0.3 is 0 Å². The minimum Gasteiger partial charge on any atom is -0.496 e. The number of nitro groups is 1. The van der Waals surface area contributed by atoms with Crippen LogP contribution in [0.1, 0.15) is 23.6 Å². The standard InChI is InChI=1S/C21H26N4O4.ClH/c1-15-13-16(25(27)28)7-8-18(15)23-21(26)9-11-24-12-10-22-14-19(24)17-5-3-4-6-20(17)29-2;/h3-8,13,19,22H,9-12,14H2,1-2H3,(H,23,26);1H. The van der Waals surface area contributed by atoms with Crippen LogP contribution in [-0.2, 0) is 4.79 Å². The molecule has 1 aliphatic rings. The van der Waals surface area contributed by atoms with Crippen molar-refractivity contribution in [2.75, 3.05) is 38.6 Å². The van der Waals surface area contributed by atoms with Crippen LogP contribution in [-0.4, -0.2) is 49.0 Å². The van der Waals surface area contributed by atoms with Crippen LogP contribution in [0, 0.1) is 17.0 Å². The Morgan fingerprint density at radius 2 is 2.10 bits per heavy atom. The number of non-ortho nitro benzene ring substituents is 1. The Balaban J connectivity index is 0.00000320. The number of nitrogens with one attached hydrogen (secondary N) is 2. The lowest BCUT2D eigenvalue weighted by Gasteiger charge is -2.37. The second-order valence-electron chi connectivity index (χ2n) is 7.05. The highest BCUT2D eigenvalue weighted by atomic mass is 35.5. The van der Waals surface area contributed by atoms with Crippen LogP contribution in [0.25, 0.3) is 0 Å². The highest BCUT2D eigenvalue weighted by Crippen LogP contribution is 2.30. The molecular formula is C21H27ClN4O4. The smallest absolute Gasteiger partial charge is 0.269 e. The van der Waals surface area contributed by atoms with Gasteiger partial charge in [-0.05, 0) is 24.6 Å². The first-order chi connectivity index (χ1) is 14.0. The fraction of sp³-hybridized carbons (Fsp3) is 0.381. The maximum Gasteiger partial charge on any atom is 0.269 e. The number of nitro benzene ring substituents is 1. The van der Waals surface area contributed by atoms with Crippen molar-refractivity contribution >= 4 is 29.7 Å². The molecule has 2 N–H and O–H groups in total. The molecule has 1 aliphatic heterocycles. The molecule has 0 spiro atoms. The maximum atomic E-state index is 12.5. The van der Waals surface area contributed by atoms with Gasteiger partial charge in [-0.3, -0.25) is 19.8 Å². The first-order valence-corrected chi connectivity index (χ1v) is 9.62. The fourth-order valence-electron chi connectivity index (χ4n) is 3.62. The number of carbonyl (C=O) groups is 1. The molecule has 0 saturated carbocycles. The Morgan fingerprint density at radius 3 is 2.80 bits per heavy atom. The lowest BCUT2D eigenvalue weighted by atomic mass is 10.0. The first-order valence-electron chi connectivity index (χ1n) is 9.62. The average Bonchev–Trinajstić information content (AvgIpc) is 2.73. The number of nitrogens with zero attached hydrogens (tertiary/aromatic N) is 2. The maximum absolute atomic E-state index is 12.5. The van der Waals surface area contributed by atoms with Crippen molar-refractivity contribution in [1.29, 1.82) is 0 Å². The molecule has 0 radical (unpaired) electrons. The molecule has 8 nitrogen and oxygen atoms in total.